The first-order valence-corrected chi connectivity index (χ1v) is 10.2. The van der Waals surface area contributed by atoms with Crippen LogP contribution in [0.1, 0.15) is 34.6 Å². The maximum atomic E-state index is 13.8. The van der Waals surface area contributed by atoms with Gasteiger partial charge in [-0.1, -0.05) is 0 Å². The Morgan fingerprint density at radius 1 is 1.08 bits per heavy atom. The number of hydrogen-bond donors (Lipinski definition) is 4. The minimum Gasteiger partial charge on any atom is -0.441 e. The second-order valence-electron chi connectivity index (χ2n) is 7.33. The van der Waals surface area contributed by atoms with Gasteiger partial charge in [-0.2, -0.15) is 8.78 Å². The number of rotatable bonds is 7. The standard InChI is InChI=1S/C22H21F3N8O3/c1-11(15-8-13(23)9-30-19(15)25)36-22(35)32-20(33(2)27)18(26)16-4-3-14(10-29-16)31-21(34)12-5-6-28-17(24)7-12/h3-11H,26-27H2,1-2H3,(H,31,34)(H,32,35)/b20-18-/t11-/m1/s1. The maximum absolute atomic E-state index is 13.8. The molecule has 0 saturated carbocycles. The highest BCUT2D eigenvalue weighted by Crippen LogP contribution is 2.21. The van der Waals surface area contributed by atoms with Crippen molar-refractivity contribution in [3.63, 3.8) is 0 Å². The van der Waals surface area contributed by atoms with Crippen molar-refractivity contribution < 1.29 is 27.5 Å². The normalized spacial score (nSPS) is 12.3. The Balaban J connectivity index is 1.72. The highest BCUT2D eigenvalue weighted by molar-refractivity contribution is 6.04. The Morgan fingerprint density at radius 2 is 1.83 bits per heavy atom. The number of hydrazine groups is 1. The number of alkyl carbamates (subject to hydrolysis) is 1. The molecule has 3 heterocycles. The van der Waals surface area contributed by atoms with Gasteiger partial charge in [0, 0.05) is 24.9 Å². The second kappa shape index (κ2) is 11.1. The third-order valence-electron chi connectivity index (χ3n) is 4.67. The van der Waals surface area contributed by atoms with Crippen LogP contribution in [0.15, 0.2) is 54.7 Å². The highest BCUT2D eigenvalue weighted by Gasteiger charge is 2.20. The van der Waals surface area contributed by atoms with Gasteiger partial charge < -0.3 is 15.8 Å². The second-order valence-corrected chi connectivity index (χ2v) is 7.33. The van der Waals surface area contributed by atoms with E-state index in [0.29, 0.717) is 6.20 Å². The smallest absolute Gasteiger partial charge is 0.413 e. The first-order chi connectivity index (χ1) is 17.0. The van der Waals surface area contributed by atoms with E-state index in [1.807, 2.05) is 0 Å². The van der Waals surface area contributed by atoms with Crippen LogP contribution in [0.2, 0.25) is 0 Å². The van der Waals surface area contributed by atoms with Crippen molar-refractivity contribution in [2.45, 2.75) is 13.0 Å². The van der Waals surface area contributed by atoms with Crippen LogP contribution in [0.5, 0.6) is 0 Å². The number of carbonyl (C=O) groups excluding carboxylic acids is 2. The van der Waals surface area contributed by atoms with Crippen molar-refractivity contribution in [2.24, 2.45) is 11.6 Å². The summed E-state index contributed by atoms with van der Waals surface area (Å²) in [5, 5.41) is 5.86. The zero-order chi connectivity index (χ0) is 26.4. The third kappa shape index (κ3) is 6.44. The summed E-state index contributed by atoms with van der Waals surface area (Å²) in [5.41, 5.74) is 6.28. The molecule has 188 valence electrons. The maximum Gasteiger partial charge on any atom is 0.413 e. The lowest BCUT2D eigenvalue weighted by molar-refractivity contribution is 0.102. The fraction of sp³-hybridized carbons (Fsp3) is 0.136. The van der Waals surface area contributed by atoms with Gasteiger partial charge in [0.2, 0.25) is 11.9 Å². The van der Waals surface area contributed by atoms with Crippen molar-refractivity contribution in [1.29, 1.82) is 0 Å². The van der Waals surface area contributed by atoms with E-state index in [9.17, 15) is 22.8 Å². The molecule has 0 bridgehead atoms. The lowest BCUT2D eigenvalue weighted by Gasteiger charge is -2.21. The van der Waals surface area contributed by atoms with E-state index < -0.39 is 35.8 Å². The van der Waals surface area contributed by atoms with Crippen LogP contribution in [0.4, 0.5) is 23.7 Å². The number of pyridine rings is 3. The summed E-state index contributed by atoms with van der Waals surface area (Å²) >= 11 is 0. The topological polar surface area (TPSA) is 161 Å². The average molecular weight is 502 g/mol. The Labute approximate surface area is 203 Å². The molecule has 2 amide bonds. The molecule has 0 aliphatic heterocycles. The number of anilines is 1. The summed E-state index contributed by atoms with van der Waals surface area (Å²) in [7, 11) is 1.38. The Kier molecular flexibility index (Phi) is 8.01. The van der Waals surface area contributed by atoms with E-state index in [0.717, 1.165) is 23.3 Å². The summed E-state index contributed by atoms with van der Waals surface area (Å²) < 4.78 is 45.5. The molecule has 36 heavy (non-hydrogen) atoms. The number of carbonyl (C=O) groups is 2. The van der Waals surface area contributed by atoms with E-state index >= 15 is 0 Å². The molecule has 0 aliphatic rings. The Hall–Kier alpha value is -4.72. The molecular formula is C22H21F3N8O3. The number of nitrogens with zero attached hydrogens (tertiary/aromatic N) is 4. The first kappa shape index (κ1) is 25.9. The number of aromatic nitrogens is 3. The number of nitrogens with one attached hydrogen (secondary N) is 2. The summed E-state index contributed by atoms with van der Waals surface area (Å²) in [4.78, 5) is 35.4. The molecule has 0 saturated heterocycles. The molecular weight excluding hydrogens is 481 g/mol. The molecule has 1 atom stereocenters. The van der Waals surface area contributed by atoms with Crippen LogP contribution < -0.4 is 22.2 Å². The lowest BCUT2D eigenvalue weighted by Crippen LogP contribution is -2.39. The quantitative estimate of drug-likeness (QED) is 0.216. The van der Waals surface area contributed by atoms with Crippen LogP contribution in [0.3, 0.4) is 0 Å². The van der Waals surface area contributed by atoms with Gasteiger partial charge in [0.1, 0.15) is 17.6 Å². The van der Waals surface area contributed by atoms with Crippen molar-refractivity contribution in [2.75, 3.05) is 12.4 Å². The Bertz CT molecular complexity index is 1300. The summed E-state index contributed by atoms with van der Waals surface area (Å²) in [6.45, 7) is 1.33. The van der Waals surface area contributed by atoms with Crippen molar-refractivity contribution in [3.05, 3.63) is 89.3 Å². The van der Waals surface area contributed by atoms with Crippen LogP contribution >= 0.6 is 0 Å². The predicted octanol–water partition coefficient (Wildman–Crippen LogP) is 2.42. The summed E-state index contributed by atoms with van der Waals surface area (Å²) in [6, 6.07) is 6.08. The van der Waals surface area contributed by atoms with E-state index in [1.165, 1.54) is 38.4 Å². The van der Waals surface area contributed by atoms with Crippen LogP contribution in [0, 0.1) is 17.7 Å². The molecule has 0 aliphatic carbocycles. The number of halogens is 3. The van der Waals surface area contributed by atoms with Gasteiger partial charge in [-0.15, -0.1) is 0 Å². The summed E-state index contributed by atoms with van der Waals surface area (Å²) in [5.74, 6) is 2.48. The van der Waals surface area contributed by atoms with Gasteiger partial charge in [-0.3, -0.25) is 20.1 Å². The van der Waals surface area contributed by atoms with Gasteiger partial charge in [-0.25, -0.2) is 25.0 Å². The molecule has 0 unspecified atom stereocenters. The predicted molar refractivity (Wildman–Crippen MR) is 122 cm³/mol. The number of hydrogen-bond acceptors (Lipinski definition) is 9. The largest absolute Gasteiger partial charge is 0.441 e. The van der Waals surface area contributed by atoms with Crippen molar-refractivity contribution >= 4 is 23.4 Å². The molecule has 3 aromatic rings. The van der Waals surface area contributed by atoms with Gasteiger partial charge in [0.05, 0.1) is 29.3 Å². The Morgan fingerprint density at radius 3 is 2.47 bits per heavy atom. The van der Waals surface area contributed by atoms with Crippen molar-refractivity contribution in [3.8, 4) is 0 Å². The number of amides is 2. The molecule has 3 rings (SSSR count). The zero-order valence-corrected chi connectivity index (χ0v) is 19.0. The van der Waals surface area contributed by atoms with Gasteiger partial charge in [-0.05, 0) is 31.2 Å². The molecule has 0 spiro atoms. The average Bonchev–Trinajstić information content (AvgIpc) is 2.83. The van der Waals surface area contributed by atoms with E-state index in [2.05, 4.69) is 25.6 Å². The molecule has 3 aromatic heterocycles. The molecule has 0 fully saturated rings. The fourth-order valence-corrected chi connectivity index (χ4v) is 2.91. The number of nitrogens with two attached hydrogens (primary N) is 2. The lowest BCUT2D eigenvalue weighted by atomic mass is 10.2. The van der Waals surface area contributed by atoms with Gasteiger partial charge in [0.15, 0.2) is 5.82 Å². The minimum absolute atomic E-state index is 0.0591. The monoisotopic (exact) mass is 502 g/mol. The first-order valence-electron chi connectivity index (χ1n) is 10.2. The van der Waals surface area contributed by atoms with Crippen LogP contribution in [-0.2, 0) is 4.74 Å². The number of ether oxygens (including phenoxy) is 1. The molecule has 0 aromatic carbocycles. The highest BCUT2D eigenvalue weighted by atomic mass is 19.1. The zero-order valence-electron chi connectivity index (χ0n) is 19.0. The van der Waals surface area contributed by atoms with Gasteiger partial charge in [0.25, 0.3) is 5.91 Å². The molecule has 11 nitrogen and oxygen atoms in total. The molecule has 6 N–H and O–H groups in total. The molecule has 0 radical (unpaired) electrons. The van der Waals surface area contributed by atoms with Crippen molar-refractivity contribution in [1.82, 2.24) is 25.3 Å². The SMILES string of the molecule is C[C@@H](OC(=O)N/C(=C(/N)c1ccc(NC(=O)c2ccnc(F)c2)cn1)N(C)N)c1cc(F)cnc1F. The molecule has 14 heteroatoms. The van der Waals surface area contributed by atoms with Crippen LogP contribution in [0.25, 0.3) is 5.70 Å². The van der Waals surface area contributed by atoms with E-state index in [-0.39, 0.29) is 34.0 Å². The van der Waals surface area contributed by atoms with Gasteiger partial charge >= 0.3 is 6.09 Å². The third-order valence-corrected chi connectivity index (χ3v) is 4.67. The van der Waals surface area contributed by atoms with E-state index in [4.69, 9.17) is 16.3 Å². The summed E-state index contributed by atoms with van der Waals surface area (Å²) in [6.07, 6.45) is 0.889. The van der Waals surface area contributed by atoms with E-state index in [1.54, 1.807) is 0 Å². The minimum atomic E-state index is -1.19. The fourth-order valence-electron chi connectivity index (χ4n) is 2.91. The van der Waals surface area contributed by atoms with Crippen LogP contribution in [-0.4, -0.2) is 39.0 Å².